The molecule has 29 heavy (non-hydrogen) atoms. The number of para-hydroxylation sites is 1. The van der Waals surface area contributed by atoms with Crippen LogP contribution in [0.2, 0.25) is 0 Å². The molecule has 1 saturated heterocycles. The van der Waals surface area contributed by atoms with Crippen LogP contribution in [0.4, 0.5) is 0 Å². The van der Waals surface area contributed by atoms with E-state index in [2.05, 4.69) is 29.4 Å². The Kier molecular flexibility index (Phi) is 5.19. The summed E-state index contributed by atoms with van der Waals surface area (Å²) in [6.07, 6.45) is 3.93. The maximum Gasteiger partial charge on any atom is 0.253 e. The third-order valence-electron chi connectivity index (χ3n) is 5.72. The fourth-order valence-electron chi connectivity index (χ4n) is 3.99. The van der Waals surface area contributed by atoms with Gasteiger partial charge in [-0.25, -0.2) is 12.7 Å². The number of H-pyrrole nitrogens is 1. The van der Waals surface area contributed by atoms with E-state index in [0.29, 0.717) is 24.6 Å². The van der Waals surface area contributed by atoms with Gasteiger partial charge in [-0.2, -0.15) is 0 Å². The average molecular weight is 412 g/mol. The Morgan fingerprint density at radius 3 is 2.34 bits per heavy atom. The maximum atomic E-state index is 12.9. The average Bonchev–Trinajstić information content (AvgIpc) is 3.17. The fourth-order valence-corrected chi connectivity index (χ4v) is 4.89. The molecule has 1 amide bonds. The summed E-state index contributed by atoms with van der Waals surface area (Å²) in [5, 5.41) is 1.26. The standard InChI is InChI=1S/C22H25N3O3S/c1-24(2)29(27,28)18-9-7-17(8-10-18)22(26)25-13-11-16(12-14-25)20-15-23-21-6-4-3-5-19(20)21/h3-10,15-16,23H,11-14H2,1-2H3. The number of amides is 1. The van der Waals surface area contributed by atoms with Gasteiger partial charge in [-0.15, -0.1) is 0 Å². The molecule has 2 aromatic carbocycles. The zero-order valence-electron chi connectivity index (χ0n) is 16.6. The second-order valence-corrected chi connectivity index (χ2v) is 9.82. The Bertz CT molecular complexity index is 1130. The number of carbonyl (C=O) groups excluding carboxylic acids is 1. The van der Waals surface area contributed by atoms with Gasteiger partial charge in [0.2, 0.25) is 10.0 Å². The largest absolute Gasteiger partial charge is 0.361 e. The number of aromatic amines is 1. The maximum absolute atomic E-state index is 12.9. The Balaban J connectivity index is 1.44. The summed E-state index contributed by atoms with van der Waals surface area (Å²) in [7, 11) is -0.505. The number of nitrogens with one attached hydrogen (secondary N) is 1. The second-order valence-electron chi connectivity index (χ2n) is 7.67. The SMILES string of the molecule is CN(C)S(=O)(=O)c1ccc(C(=O)N2CCC(c3c[nH]c4ccccc34)CC2)cc1. The van der Waals surface area contributed by atoms with E-state index in [1.165, 1.54) is 41.5 Å². The molecule has 0 unspecified atom stereocenters. The molecule has 1 aliphatic rings. The zero-order valence-corrected chi connectivity index (χ0v) is 17.4. The number of rotatable bonds is 4. The third-order valence-corrected chi connectivity index (χ3v) is 7.55. The summed E-state index contributed by atoms with van der Waals surface area (Å²) in [6, 6.07) is 14.5. The minimum absolute atomic E-state index is 0.0452. The molecule has 1 aromatic heterocycles. The van der Waals surface area contributed by atoms with Gasteiger partial charge in [0.1, 0.15) is 0 Å². The van der Waals surface area contributed by atoms with Crippen LogP contribution in [0.1, 0.15) is 34.7 Å². The number of hydrogen-bond donors (Lipinski definition) is 1. The topological polar surface area (TPSA) is 73.5 Å². The van der Waals surface area contributed by atoms with Gasteiger partial charge in [0.05, 0.1) is 4.90 Å². The van der Waals surface area contributed by atoms with Crippen molar-refractivity contribution in [3.63, 3.8) is 0 Å². The molecule has 7 heteroatoms. The monoisotopic (exact) mass is 411 g/mol. The van der Waals surface area contributed by atoms with Crippen LogP contribution in [0.3, 0.4) is 0 Å². The summed E-state index contributed by atoms with van der Waals surface area (Å²) in [5.41, 5.74) is 2.99. The predicted octanol–water partition coefficient (Wildman–Crippen LogP) is 3.44. The molecular weight excluding hydrogens is 386 g/mol. The van der Waals surface area contributed by atoms with Gasteiger partial charge in [-0.05, 0) is 54.7 Å². The molecule has 3 aromatic rings. The van der Waals surface area contributed by atoms with E-state index < -0.39 is 10.0 Å². The second kappa shape index (κ2) is 7.65. The van der Waals surface area contributed by atoms with Gasteiger partial charge in [0, 0.05) is 49.8 Å². The fraction of sp³-hybridized carbons (Fsp3) is 0.318. The van der Waals surface area contributed by atoms with E-state index >= 15 is 0 Å². The summed E-state index contributed by atoms with van der Waals surface area (Å²) in [6.45, 7) is 1.39. The van der Waals surface area contributed by atoms with Crippen LogP contribution in [0, 0.1) is 0 Å². The number of likely N-dealkylation sites (tertiary alicyclic amines) is 1. The molecular formula is C22H25N3O3S. The normalized spacial score (nSPS) is 15.9. The number of carbonyl (C=O) groups is 1. The van der Waals surface area contributed by atoms with Gasteiger partial charge >= 0.3 is 0 Å². The van der Waals surface area contributed by atoms with Crippen molar-refractivity contribution in [3.8, 4) is 0 Å². The molecule has 0 radical (unpaired) electrons. The molecule has 0 bridgehead atoms. The quantitative estimate of drug-likeness (QED) is 0.715. The number of benzene rings is 2. The molecule has 1 N–H and O–H groups in total. The van der Waals surface area contributed by atoms with Gasteiger partial charge in [-0.3, -0.25) is 4.79 Å². The lowest BCUT2D eigenvalue weighted by atomic mass is 9.89. The van der Waals surface area contributed by atoms with Crippen LogP contribution in [-0.4, -0.2) is 55.7 Å². The summed E-state index contributed by atoms with van der Waals surface area (Å²) in [4.78, 5) is 18.3. The molecule has 152 valence electrons. The Labute approximate surface area is 171 Å². The Morgan fingerprint density at radius 1 is 1.03 bits per heavy atom. The lowest BCUT2D eigenvalue weighted by Crippen LogP contribution is -2.37. The van der Waals surface area contributed by atoms with Crippen LogP contribution >= 0.6 is 0 Å². The molecule has 0 atom stereocenters. The predicted molar refractivity (Wildman–Crippen MR) is 113 cm³/mol. The van der Waals surface area contributed by atoms with E-state index in [9.17, 15) is 13.2 Å². The Morgan fingerprint density at radius 2 is 1.69 bits per heavy atom. The number of sulfonamides is 1. The molecule has 2 heterocycles. The first-order chi connectivity index (χ1) is 13.9. The van der Waals surface area contributed by atoms with Crippen LogP contribution in [0.15, 0.2) is 59.6 Å². The van der Waals surface area contributed by atoms with E-state index in [1.807, 2.05) is 11.0 Å². The number of hydrogen-bond acceptors (Lipinski definition) is 3. The highest BCUT2D eigenvalue weighted by Crippen LogP contribution is 2.33. The van der Waals surface area contributed by atoms with Crippen molar-refractivity contribution in [1.29, 1.82) is 0 Å². The van der Waals surface area contributed by atoms with E-state index in [0.717, 1.165) is 18.4 Å². The summed E-state index contributed by atoms with van der Waals surface area (Å²) >= 11 is 0. The first kappa shape index (κ1) is 19.7. The van der Waals surface area contributed by atoms with Crippen molar-refractivity contribution in [2.75, 3.05) is 27.2 Å². The van der Waals surface area contributed by atoms with Crippen molar-refractivity contribution in [3.05, 3.63) is 65.9 Å². The molecule has 6 nitrogen and oxygen atoms in total. The van der Waals surface area contributed by atoms with Crippen molar-refractivity contribution in [2.45, 2.75) is 23.7 Å². The highest BCUT2D eigenvalue weighted by atomic mass is 32.2. The van der Waals surface area contributed by atoms with Crippen LogP contribution in [0.25, 0.3) is 10.9 Å². The lowest BCUT2D eigenvalue weighted by molar-refractivity contribution is 0.0713. The van der Waals surface area contributed by atoms with Crippen LogP contribution < -0.4 is 0 Å². The van der Waals surface area contributed by atoms with Gasteiger partial charge in [-0.1, -0.05) is 18.2 Å². The minimum Gasteiger partial charge on any atom is -0.361 e. The molecule has 1 fully saturated rings. The minimum atomic E-state index is -3.49. The van der Waals surface area contributed by atoms with Gasteiger partial charge in [0.15, 0.2) is 0 Å². The lowest BCUT2D eigenvalue weighted by Gasteiger charge is -2.32. The molecule has 0 spiro atoms. The highest BCUT2D eigenvalue weighted by Gasteiger charge is 2.26. The Hall–Kier alpha value is -2.64. The van der Waals surface area contributed by atoms with E-state index in [-0.39, 0.29) is 10.8 Å². The first-order valence-electron chi connectivity index (χ1n) is 9.76. The highest BCUT2D eigenvalue weighted by molar-refractivity contribution is 7.89. The van der Waals surface area contributed by atoms with E-state index in [1.54, 1.807) is 12.1 Å². The first-order valence-corrected chi connectivity index (χ1v) is 11.2. The van der Waals surface area contributed by atoms with Crippen LogP contribution in [-0.2, 0) is 10.0 Å². The van der Waals surface area contributed by atoms with Gasteiger partial charge < -0.3 is 9.88 Å². The third kappa shape index (κ3) is 3.68. The summed E-state index contributed by atoms with van der Waals surface area (Å²) in [5.74, 6) is 0.388. The molecule has 4 rings (SSSR count). The van der Waals surface area contributed by atoms with Gasteiger partial charge in [0.25, 0.3) is 5.91 Å². The molecule has 0 aliphatic carbocycles. The summed E-state index contributed by atoms with van der Waals surface area (Å²) < 4.78 is 25.5. The van der Waals surface area contributed by atoms with E-state index in [4.69, 9.17) is 0 Å². The van der Waals surface area contributed by atoms with Crippen molar-refractivity contribution in [2.24, 2.45) is 0 Å². The number of nitrogens with zero attached hydrogens (tertiary/aromatic N) is 2. The van der Waals surface area contributed by atoms with Crippen molar-refractivity contribution in [1.82, 2.24) is 14.2 Å². The van der Waals surface area contributed by atoms with Crippen LogP contribution in [0.5, 0.6) is 0 Å². The van der Waals surface area contributed by atoms with Crippen molar-refractivity contribution < 1.29 is 13.2 Å². The smallest absolute Gasteiger partial charge is 0.253 e. The number of fused-ring (bicyclic) bond motifs is 1. The number of aromatic nitrogens is 1. The number of piperidine rings is 1. The van der Waals surface area contributed by atoms with Crippen molar-refractivity contribution >= 4 is 26.8 Å². The molecule has 1 aliphatic heterocycles. The molecule has 0 saturated carbocycles. The zero-order chi connectivity index (χ0) is 20.6.